The summed E-state index contributed by atoms with van der Waals surface area (Å²) in [6, 6.07) is 0.409. The number of nitrogens with zero attached hydrogens (tertiary/aromatic N) is 1. The molecule has 1 aliphatic heterocycles. The zero-order chi connectivity index (χ0) is 9.68. The Morgan fingerprint density at radius 3 is 3.08 bits per heavy atom. The minimum absolute atomic E-state index is 0.263. The number of oxime groups is 1. The molecule has 76 valence electrons. The first-order chi connectivity index (χ1) is 6.24. The average Bonchev–Trinajstić information content (AvgIpc) is 2.52. The highest BCUT2D eigenvalue weighted by Gasteiger charge is 2.22. The highest BCUT2D eigenvalue weighted by Crippen LogP contribution is 2.11. The molecular formula is C8H17N3O2. The summed E-state index contributed by atoms with van der Waals surface area (Å²) in [5.41, 5.74) is 5.32. The normalized spacial score (nSPS) is 29.5. The van der Waals surface area contributed by atoms with E-state index >= 15 is 0 Å². The Morgan fingerprint density at radius 2 is 2.54 bits per heavy atom. The minimum atomic E-state index is 0.263. The van der Waals surface area contributed by atoms with Gasteiger partial charge in [-0.15, -0.1) is 0 Å². The number of nitrogens with two attached hydrogens (primary N) is 1. The van der Waals surface area contributed by atoms with Crippen molar-refractivity contribution >= 4 is 5.84 Å². The maximum atomic E-state index is 8.29. The van der Waals surface area contributed by atoms with Gasteiger partial charge in [0.25, 0.3) is 0 Å². The SMILES string of the molecule is CC1OCCC1NCCC(N)=NO. The lowest BCUT2D eigenvalue weighted by atomic mass is 10.1. The molecule has 0 bridgehead atoms. The van der Waals surface area contributed by atoms with Gasteiger partial charge in [0.05, 0.1) is 6.10 Å². The van der Waals surface area contributed by atoms with E-state index in [1.54, 1.807) is 0 Å². The molecule has 0 aromatic rings. The van der Waals surface area contributed by atoms with E-state index < -0.39 is 0 Å². The van der Waals surface area contributed by atoms with Gasteiger partial charge in [-0.3, -0.25) is 0 Å². The standard InChI is InChI=1S/C8H17N3O2/c1-6-7(3-5-13-6)10-4-2-8(9)11-12/h6-7,10,12H,2-5H2,1H3,(H2,9,11). The third kappa shape index (κ3) is 3.20. The smallest absolute Gasteiger partial charge is 0.140 e. The number of hydrogen-bond acceptors (Lipinski definition) is 4. The summed E-state index contributed by atoms with van der Waals surface area (Å²) < 4.78 is 5.38. The van der Waals surface area contributed by atoms with E-state index in [0.29, 0.717) is 12.5 Å². The van der Waals surface area contributed by atoms with Gasteiger partial charge in [0, 0.05) is 25.6 Å². The van der Waals surface area contributed by atoms with Crippen LogP contribution in [-0.4, -0.2) is 36.3 Å². The Balaban J connectivity index is 2.12. The molecule has 5 heteroatoms. The highest BCUT2D eigenvalue weighted by molar-refractivity contribution is 5.79. The lowest BCUT2D eigenvalue weighted by molar-refractivity contribution is 0.113. The molecule has 0 aromatic heterocycles. The number of amidine groups is 1. The summed E-state index contributed by atoms with van der Waals surface area (Å²) in [6.07, 6.45) is 1.88. The molecule has 0 radical (unpaired) electrons. The van der Waals surface area contributed by atoms with Crippen LogP contribution in [0.15, 0.2) is 5.16 Å². The molecule has 1 heterocycles. The summed E-state index contributed by atoms with van der Waals surface area (Å²) in [6.45, 7) is 3.60. The number of rotatable bonds is 4. The Kier molecular flexibility index (Phi) is 3.98. The first kappa shape index (κ1) is 10.3. The minimum Gasteiger partial charge on any atom is -0.409 e. The van der Waals surface area contributed by atoms with Gasteiger partial charge < -0.3 is 21.0 Å². The molecule has 0 spiro atoms. The highest BCUT2D eigenvalue weighted by atomic mass is 16.5. The summed E-state index contributed by atoms with van der Waals surface area (Å²) in [4.78, 5) is 0. The van der Waals surface area contributed by atoms with Crippen LogP contribution in [0.3, 0.4) is 0 Å². The van der Waals surface area contributed by atoms with Crippen molar-refractivity contribution in [1.29, 1.82) is 0 Å². The molecule has 1 aliphatic rings. The predicted molar refractivity (Wildman–Crippen MR) is 49.8 cm³/mol. The second-order valence-electron chi connectivity index (χ2n) is 3.27. The summed E-state index contributed by atoms with van der Waals surface area (Å²) >= 11 is 0. The fourth-order valence-electron chi connectivity index (χ4n) is 1.44. The fourth-order valence-corrected chi connectivity index (χ4v) is 1.44. The Hall–Kier alpha value is -0.810. The van der Waals surface area contributed by atoms with Gasteiger partial charge in [0.15, 0.2) is 0 Å². The largest absolute Gasteiger partial charge is 0.409 e. The monoisotopic (exact) mass is 187 g/mol. The Morgan fingerprint density at radius 1 is 1.77 bits per heavy atom. The van der Waals surface area contributed by atoms with Gasteiger partial charge in [-0.25, -0.2) is 0 Å². The van der Waals surface area contributed by atoms with Crippen LogP contribution < -0.4 is 11.1 Å². The second-order valence-corrected chi connectivity index (χ2v) is 3.27. The molecule has 0 amide bonds. The van der Waals surface area contributed by atoms with Crippen LogP contribution in [0.2, 0.25) is 0 Å². The number of ether oxygens (including phenoxy) is 1. The van der Waals surface area contributed by atoms with Crippen LogP contribution in [0.1, 0.15) is 19.8 Å². The molecular weight excluding hydrogens is 170 g/mol. The molecule has 4 N–H and O–H groups in total. The molecule has 0 aliphatic carbocycles. The van der Waals surface area contributed by atoms with Gasteiger partial charge in [0.2, 0.25) is 0 Å². The van der Waals surface area contributed by atoms with E-state index in [1.807, 2.05) is 6.92 Å². The second kappa shape index (κ2) is 5.04. The van der Waals surface area contributed by atoms with Crippen molar-refractivity contribution in [2.45, 2.75) is 31.9 Å². The molecule has 0 aromatic carbocycles. The molecule has 1 fully saturated rings. The van der Waals surface area contributed by atoms with Crippen molar-refractivity contribution < 1.29 is 9.94 Å². The van der Waals surface area contributed by atoms with E-state index in [9.17, 15) is 0 Å². The lowest BCUT2D eigenvalue weighted by Gasteiger charge is -2.15. The summed E-state index contributed by atoms with van der Waals surface area (Å²) in [5, 5.41) is 14.5. The number of nitrogens with one attached hydrogen (secondary N) is 1. The zero-order valence-electron chi connectivity index (χ0n) is 7.86. The predicted octanol–water partition coefficient (Wildman–Crippen LogP) is -0.110. The Bertz CT molecular complexity index is 184. The van der Waals surface area contributed by atoms with Gasteiger partial charge in [0.1, 0.15) is 5.84 Å². The van der Waals surface area contributed by atoms with Crippen LogP contribution in [0.4, 0.5) is 0 Å². The van der Waals surface area contributed by atoms with Crippen molar-refractivity contribution in [3.05, 3.63) is 0 Å². The lowest BCUT2D eigenvalue weighted by Crippen LogP contribution is -2.36. The first-order valence-electron chi connectivity index (χ1n) is 4.55. The Labute approximate surface area is 77.9 Å². The topological polar surface area (TPSA) is 79.9 Å². The third-order valence-corrected chi connectivity index (χ3v) is 2.29. The van der Waals surface area contributed by atoms with E-state index in [4.69, 9.17) is 15.7 Å². The molecule has 1 rings (SSSR count). The zero-order valence-corrected chi connectivity index (χ0v) is 7.86. The summed E-state index contributed by atoms with van der Waals surface area (Å²) in [5.74, 6) is 0.263. The molecule has 2 unspecified atom stereocenters. The van der Waals surface area contributed by atoms with Crippen LogP contribution in [0, 0.1) is 0 Å². The molecule has 2 atom stereocenters. The van der Waals surface area contributed by atoms with E-state index in [2.05, 4.69) is 10.5 Å². The number of hydrogen-bond donors (Lipinski definition) is 3. The van der Waals surface area contributed by atoms with Crippen LogP contribution in [-0.2, 0) is 4.74 Å². The molecule has 1 saturated heterocycles. The average molecular weight is 187 g/mol. The van der Waals surface area contributed by atoms with E-state index in [-0.39, 0.29) is 11.9 Å². The molecule has 5 nitrogen and oxygen atoms in total. The van der Waals surface area contributed by atoms with Crippen LogP contribution >= 0.6 is 0 Å². The van der Waals surface area contributed by atoms with E-state index in [0.717, 1.165) is 19.6 Å². The van der Waals surface area contributed by atoms with Crippen LogP contribution in [0.25, 0.3) is 0 Å². The quantitative estimate of drug-likeness (QED) is 0.248. The van der Waals surface area contributed by atoms with Gasteiger partial charge in [-0.2, -0.15) is 0 Å². The first-order valence-corrected chi connectivity index (χ1v) is 4.55. The maximum absolute atomic E-state index is 8.29. The van der Waals surface area contributed by atoms with E-state index in [1.165, 1.54) is 0 Å². The molecule has 13 heavy (non-hydrogen) atoms. The summed E-state index contributed by atoms with van der Waals surface area (Å²) in [7, 11) is 0. The van der Waals surface area contributed by atoms with Crippen molar-refractivity contribution in [2.24, 2.45) is 10.9 Å². The molecule has 0 saturated carbocycles. The van der Waals surface area contributed by atoms with Gasteiger partial charge >= 0.3 is 0 Å². The van der Waals surface area contributed by atoms with Crippen molar-refractivity contribution in [3.63, 3.8) is 0 Å². The van der Waals surface area contributed by atoms with Crippen molar-refractivity contribution in [3.8, 4) is 0 Å². The third-order valence-electron chi connectivity index (χ3n) is 2.29. The fraction of sp³-hybridized carbons (Fsp3) is 0.875. The van der Waals surface area contributed by atoms with Crippen molar-refractivity contribution in [2.75, 3.05) is 13.2 Å². The van der Waals surface area contributed by atoms with Gasteiger partial charge in [-0.1, -0.05) is 5.16 Å². The maximum Gasteiger partial charge on any atom is 0.140 e. The van der Waals surface area contributed by atoms with Crippen LogP contribution in [0.5, 0.6) is 0 Å². The van der Waals surface area contributed by atoms with Crippen molar-refractivity contribution in [1.82, 2.24) is 5.32 Å². The van der Waals surface area contributed by atoms with Gasteiger partial charge in [-0.05, 0) is 13.3 Å².